The van der Waals surface area contributed by atoms with Crippen LogP contribution in [0, 0.1) is 0 Å². The number of ether oxygens (including phenoxy) is 1. The highest BCUT2D eigenvalue weighted by molar-refractivity contribution is 5.94. The van der Waals surface area contributed by atoms with Gasteiger partial charge in [0, 0.05) is 0 Å². The fourth-order valence-corrected chi connectivity index (χ4v) is 2.58. The molecule has 0 saturated carbocycles. The first-order valence-electron chi connectivity index (χ1n) is 7.91. The molecule has 2 amide bonds. The minimum absolute atomic E-state index is 0.0767. The van der Waals surface area contributed by atoms with Gasteiger partial charge < -0.3 is 25.1 Å². The number of nitrogens with two attached hydrogens (primary N) is 1. The van der Waals surface area contributed by atoms with Crippen LogP contribution in [-0.4, -0.2) is 31.2 Å². The molecule has 0 unspecified atom stereocenters. The summed E-state index contributed by atoms with van der Waals surface area (Å²) in [5.41, 5.74) is 1.09. The molecule has 0 saturated heterocycles. The molecule has 0 spiro atoms. The summed E-state index contributed by atoms with van der Waals surface area (Å²) in [5.74, 6) is 0.455. The van der Waals surface area contributed by atoms with Gasteiger partial charge in [-0.15, -0.1) is 0 Å². The molecule has 0 fully saturated rings. The number of furan rings is 1. The summed E-state index contributed by atoms with van der Waals surface area (Å²) in [5, 5.41) is 7.50. The first-order valence-corrected chi connectivity index (χ1v) is 7.91. The average molecular weight is 322 g/mol. The maximum atomic E-state index is 12.3. The van der Waals surface area contributed by atoms with Gasteiger partial charge >= 0.3 is 12.0 Å². The Morgan fingerprint density at radius 1 is 1.48 bits per heavy atom. The Labute approximate surface area is 135 Å². The number of urea groups is 1. The van der Waals surface area contributed by atoms with Crippen molar-refractivity contribution in [2.75, 3.05) is 13.2 Å². The van der Waals surface area contributed by atoms with Crippen molar-refractivity contribution < 1.29 is 24.1 Å². The Kier molecular flexibility index (Phi) is 5.81. The van der Waals surface area contributed by atoms with Crippen molar-refractivity contribution >= 4 is 12.0 Å². The Morgan fingerprint density at radius 2 is 2.26 bits per heavy atom. The van der Waals surface area contributed by atoms with Crippen LogP contribution in [0.4, 0.5) is 4.79 Å². The standard InChI is InChI=1S/C16H23N3O4/c1-4-11-14(15(20)22-5-2)12(19-16(21)18-11)9-17-10(3)13-7-6-8-23-13/h6-8,10-11,17H,4-5,9H2,1-3H3,(H2,18,19,21)/p+1/t10-,11-/m1/s1. The van der Waals surface area contributed by atoms with Gasteiger partial charge in [-0.2, -0.15) is 0 Å². The number of esters is 1. The molecule has 2 rings (SSSR count). The number of amides is 2. The fourth-order valence-electron chi connectivity index (χ4n) is 2.58. The number of rotatable bonds is 7. The molecule has 7 heteroatoms. The lowest BCUT2D eigenvalue weighted by Crippen LogP contribution is -2.86. The van der Waals surface area contributed by atoms with Gasteiger partial charge in [-0.3, -0.25) is 0 Å². The van der Waals surface area contributed by atoms with E-state index in [-0.39, 0.29) is 24.1 Å². The minimum Gasteiger partial charge on any atom is -0.463 e. The molecule has 23 heavy (non-hydrogen) atoms. The largest absolute Gasteiger partial charge is 0.463 e. The Hall–Kier alpha value is -2.28. The normalized spacial score (nSPS) is 19.1. The van der Waals surface area contributed by atoms with Crippen molar-refractivity contribution in [1.29, 1.82) is 0 Å². The monoisotopic (exact) mass is 322 g/mol. The summed E-state index contributed by atoms with van der Waals surface area (Å²) in [6.45, 7) is 6.44. The van der Waals surface area contributed by atoms with Crippen molar-refractivity contribution in [2.45, 2.75) is 39.3 Å². The molecule has 4 N–H and O–H groups in total. The van der Waals surface area contributed by atoms with E-state index >= 15 is 0 Å². The Balaban J connectivity index is 2.17. The first kappa shape index (κ1) is 17.1. The van der Waals surface area contributed by atoms with Gasteiger partial charge in [0.1, 0.15) is 12.6 Å². The first-order chi connectivity index (χ1) is 11.1. The molecule has 1 aliphatic rings. The maximum absolute atomic E-state index is 12.3. The topological polar surface area (TPSA) is 97.2 Å². The number of hydrogen-bond acceptors (Lipinski definition) is 4. The van der Waals surface area contributed by atoms with Gasteiger partial charge in [-0.05, 0) is 32.4 Å². The molecular formula is C16H24N3O4+. The van der Waals surface area contributed by atoms with Crippen LogP contribution in [0.15, 0.2) is 34.1 Å². The number of carbonyl (C=O) groups excluding carboxylic acids is 2. The summed E-state index contributed by atoms with van der Waals surface area (Å²) in [6, 6.07) is 3.19. The summed E-state index contributed by atoms with van der Waals surface area (Å²) in [4.78, 5) is 24.1. The smallest absolute Gasteiger partial charge is 0.338 e. The van der Waals surface area contributed by atoms with E-state index in [4.69, 9.17) is 9.15 Å². The van der Waals surface area contributed by atoms with E-state index in [1.807, 2.05) is 31.3 Å². The zero-order valence-corrected chi connectivity index (χ0v) is 13.7. The summed E-state index contributed by atoms with van der Waals surface area (Å²) in [6.07, 6.45) is 2.25. The van der Waals surface area contributed by atoms with E-state index in [2.05, 4.69) is 10.6 Å². The molecule has 1 aliphatic heterocycles. The van der Waals surface area contributed by atoms with Crippen LogP contribution >= 0.6 is 0 Å². The molecular weight excluding hydrogens is 298 g/mol. The highest BCUT2D eigenvalue weighted by Gasteiger charge is 2.32. The molecule has 7 nitrogen and oxygen atoms in total. The maximum Gasteiger partial charge on any atom is 0.338 e. The SMILES string of the molecule is CCOC(=O)C1=C(C[NH2+][C@H](C)c2ccco2)NC(=O)N[C@@H]1CC. The third kappa shape index (κ3) is 4.13. The van der Waals surface area contributed by atoms with Crippen LogP contribution in [0.5, 0.6) is 0 Å². The van der Waals surface area contributed by atoms with Crippen LogP contribution in [0.25, 0.3) is 0 Å². The zero-order chi connectivity index (χ0) is 16.8. The van der Waals surface area contributed by atoms with Crippen LogP contribution in [0.1, 0.15) is 39.0 Å². The molecule has 1 aromatic heterocycles. The number of carbonyl (C=O) groups is 2. The van der Waals surface area contributed by atoms with E-state index in [0.717, 1.165) is 5.76 Å². The predicted molar refractivity (Wildman–Crippen MR) is 83.3 cm³/mol. The second-order valence-electron chi connectivity index (χ2n) is 5.42. The number of nitrogens with one attached hydrogen (secondary N) is 2. The number of hydrogen-bond donors (Lipinski definition) is 3. The molecule has 2 atom stereocenters. The highest BCUT2D eigenvalue weighted by atomic mass is 16.5. The van der Waals surface area contributed by atoms with Gasteiger partial charge in [-0.25, -0.2) is 9.59 Å². The molecule has 0 radical (unpaired) electrons. The van der Waals surface area contributed by atoms with Crippen molar-refractivity contribution in [3.05, 3.63) is 35.4 Å². The van der Waals surface area contributed by atoms with Crippen LogP contribution in [0.3, 0.4) is 0 Å². The second kappa shape index (κ2) is 7.82. The summed E-state index contributed by atoms with van der Waals surface area (Å²) in [7, 11) is 0. The lowest BCUT2D eigenvalue weighted by atomic mass is 10.00. The lowest BCUT2D eigenvalue weighted by Gasteiger charge is -2.28. The van der Waals surface area contributed by atoms with E-state index in [1.54, 1.807) is 13.2 Å². The van der Waals surface area contributed by atoms with Crippen molar-refractivity contribution in [1.82, 2.24) is 10.6 Å². The van der Waals surface area contributed by atoms with Gasteiger partial charge in [0.2, 0.25) is 0 Å². The van der Waals surface area contributed by atoms with Gasteiger partial charge in [0.05, 0.1) is 30.2 Å². The van der Waals surface area contributed by atoms with Crippen molar-refractivity contribution in [3.63, 3.8) is 0 Å². The lowest BCUT2D eigenvalue weighted by molar-refractivity contribution is -0.688. The van der Waals surface area contributed by atoms with E-state index in [9.17, 15) is 9.59 Å². The molecule has 1 aromatic rings. The fraction of sp³-hybridized carbons (Fsp3) is 0.500. The quantitative estimate of drug-likeness (QED) is 0.647. The Morgan fingerprint density at radius 3 is 2.87 bits per heavy atom. The molecule has 0 bridgehead atoms. The van der Waals surface area contributed by atoms with Gasteiger partial charge in [0.25, 0.3) is 0 Å². The van der Waals surface area contributed by atoms with Gasteiger partial charge in [-0.1, -0.05) is 6.92 Å². The summed E-state index contributed by atoms with van der Waals surface area (Å²) < 4.78 is 10.5. The molecule has 126 valence electrons. The molecule has 0 aromatic carbocycles. The van der Waals surface area contributed by atoms with E-state index < -0.39 is 0 Å². The van der Waals surface area contributed by atoms with E-state index in [0.29, 0.717) is 30.8 Å². The highest BCUT2D eigenvalue weighted by Crippen LogP contribution is 2.16. The third-order valence-corrected chi connectivity index (χ3v) is 3.81. The average Bonchev–Trinajstić information content (AvgIpc) is 3.06. The van der Waals surface area contributed by atoms with Crippen molar-refractivity contribution in [3.8, 4) is 0 Å². The number of quaternary nitrogens is 1. The van der Waals surface area contributed by atoms with E-state index in [1.165, 1.54) is 0 Å². The van der Waals surface area contributed by atoms with Crippen LogP contribution in [-0.2, 0) is 9.53 Å². The van der Waals surface area contributed by atoms with Crippen molar-refractivity contribution in [2.24, 2.45) is 0 Å². The van der Waals surface area contributed by atoms with Crippen LogP contribution < -0.4 is 16.0 Å². The molecule has 0 aliphatic carbocycles. The zero-order valence-electron chi connectivity index (χ0n) is 13.7. The summed E-state index contributed by atoms with van der Waals surface area (Å²) >= 11 is 0. The van der Waals surface area contributed by atoms with Crippen LogP contribution in [0.2, 0.25) is 0 Å². The van der Waals surface area contributed by atoms with Gasteiger partial charge in [0.15, 0.2) is 5.76 Å². The minimum atomic E-state index is -0.388. The Bertz CT molecular complexity index is 580. The predicted octanol–water partition coefficient (Wildman–Crippen LogP) is 0.813. The second-order valence-corrected chi connectivity index (χ2v) is 5.42. The third-order valence-electron chi connectivity index (χ3n) is 3.81. The molecule has 2 heterocycles.